The second-order valence-corrected chi connectivity index (χ2v) is 12.8. The van der Waals surface area contributed by atoms with Gasteiger partial charge in [-0.3, -0.25) is 28.9 Å². The number of nitrogens with one attached hydrogen (secondary N) is 1. The number of primary amides is 1. The SMILES string of the molecule is COCc1cc(CNCC(C)(C)C)c2c(c1O)C(=O)C1C(=O)[C@]3(O)C(=O)C(C(N)=O)C(=O)C(N(C)C)[C@@H]3C[C@@H]1C2. The molecule has 0 heterocycles. The zero-order chi connectivity index (χ0) is 29.9. The predicted octanol–water partition coefficient (Wildman–Crippen LogP) is 0.149. The number of hydrogen-bond acceptors (Lipinski definition) is 10. The number of phenols is 1. The van der Waals surface area contributed by atoms with Crippen molar-refractivity contribution < 1.29 is 38.9 Å². The Morgan fingerprint density at radius 1 is 1.18 bits per heavy atom. The number of likely N-dealkylation sites (N-methyl/N-ethyl adjacent to an activating group) is 1. The molecule has 1 aromatic rings. The van der Waals surface area contributed by atoms with Crippen LogP contribution in [0.2, 0.25) is 0 Å². The standard InChI is InChI=1S/C29H39N3O8/c1-28(2,3)12-31-10-14-7-15(11-40-6)22(33)19-16(14)8-13-9-17-21(32(4)5)24(35)20(27(30)38)26(37)29(17,39)25(36)18(13)23(19)34/h7,13,17-18,20-21,31,33,39H,8-12H2,1-6H3,(H2,30,38)/t13-,17-,18?,20?,21?,29-/m0/s1. The van der Waals surface area contributed by atoms with Crippen LogP contribution in [0.5, 0.6) is 5.75 Å². The number of nitrogens with two attached hydrogens (primary N) is 1. The number of amides is 1. The lowest BCUT2D eigenvalue weighted by atomic mass is 9.52. The number of aliphatic hydroxyl groups is 1. The predicted molar refractivity (Wildman–Crippen MR) is 143 cm³/mol. The lowest BCUT2D eigenvalue weighted by molar-refractivity contribution is -0.181. The summed E-state index contributed by atoms with van der Waals surface area (Å²) in [7, 11) is 4.58. The van der Waals surface area contributed by atoms with E-state index >= 15 is 0 Å². The number of Topliss-reactive ketones (excluding diaryl/α,β-unsaturated/α-hetero) is 4. The third-order valence-electron chi connectivity index (χ3n) is 8.50. The van der Waals surface area contributed by atoms with Crippen molar-refractivity contribution in [1.29, 1.82) is 0 Å². The first-order valence-corrected chi connectivity index (χ1v) is 13.5. The number of aromatic hydroxyl groups is 1. The van der Waals surface area contributed by atoms with E-state index in [1.165, 1.54) is 12.0 Å². The Kier molecular flexibility index (Phi) is 7.83. The summed E-state index contributed by atoms with van der Waals surface area (Å²) in [6.07, 6.45) is 0.235. The molecule has 4 rings (SSSR count). The zero-order valence-electron chi connectivity index (χ0n) is 23.9. The van der Waals surface area contributed by atoms with Crippen LogP contribution in [0.15, 0.2) is 6.07 Å². The summed E-state index contributed by atoms with van der Waals surface area (Å²) in [5, 5.41) is 26.2. The Bertz CT molecular complexity index is 1280. The number of ketones is 4. The molecule has 3 aliphatic rings. The van der Waals surface area contributed by atoms with Crippen LogP contribution in [0.3, 0.4) is 0 Å². The van der Waals surface area contributed by atoms with Crippen LogP contribution >= 0.6 is 0 Å². The van der Waals surface area contributed by atoms with Gasteiger partial charge in [-0.25, -0.2) is 0 Å². The van der Waals surface area contributed by atoms with E-state index in [9.17, 15) is 34.2 Å². The fourth-order valence-corrected chi connectivity index (χ4v) is 6.81. The molecule has 1 aromatic carbocycles. The lowest BCUT2D eigenvalue weighted by Crippen LogP contribution is -2.74. The van der Waals surface area contributed by atoms with Gasteiger partial charge in [-0.2, -0.15) is 0 Å². The van der Waals surface area contributed by atoms with Crippen molar-refractivity contribution in [3.63, 3.8) is 0 Å². The van der Waals surface area contributed by atoms with Gasteiger partial charge < -0.3 is 26.0 Å². The lowest BCUT2D eigenvalue weighted by Gasteiger charge is -2.52. The molecule has 0 saturated heterocycles. The van der Waals surface area contributed by atoms with Crippen LogP contribution in [0, 0.1) is 29.1 Å². The van der Waals surface area contributed by atoms with Gasteiger partial charge in [-0.05, 0) is 55.5 Å². The van der Waals surface area contributed by atoms with Crippen molar-refractivity contribution in [2.75, 3.05) is 27.7 Å². The van der Waals surface area contributed by atoms with Crippen molar-refractivity contribution in [2.45, 2.75) is 58.4 Å². The largest absolute Gasteiger partial charge is 0.507 e. The van der Waals surface area contributed by atoms with E-state index in [0.717, 1.165) is 5.56 Å². The van der Waals surface area contributed by atoms with Crippen molar-refractivity contribution in [3.8, 4) is 5.75 Å². The molecule has 40 heavy (non-hydrogen) atoms. The number of hydrogen-bond donors (Lipinski definition) is 4. The van der Waals surface area contributed by atoms with Gasteiger partial charge in [-0.1, -0.05) is 20.8 Å². The highest BCUT2D eigenvalue weighted by molar-refractivity contribution is 6.32. The monoisotopic (exact) mass is 557 g/mol. The van der Waals surface area contributed by atoms with E-state index < -0.39 is 64.4 Å². The van der Waals surface area contributed by atoms with E-state index in [4.69, 9.17) is 10.5 Å². The minimum Gasteiger partial charge on any atom is -0.507 e. The summed E-state index contributed by atoms with van der Waals surface area (Å²) in [6.45, 7) is 7.37. The molecule has 11 heteroatoms. The summed E-state index contributed by atoms with van der Waals surface area (Å²) < 4.78 is 5.23. The molecule has 5 N–H and O–H groups in total. The Labute approximate surface area is 233 Å². The van der Waals surface area contributed by atoms with Crippen molar-refractivity contribution in [2.24, 2.45) is 34.8 Å². The normalized spacial score (nSPS) is 30.2. The average molecular weight is 558 g/mol. The Balaban J connectivity index is 1.83. The molecule has 6 atom stereocenters. The second-order valence-electron chi connectivity index (χ2n) is 12.8. The molecule has 2 fully saturated rings. The summed E-state index contributed by atoms with van der Waals surface area (Å²) in [5.74, 6) is -10.6. The van der Waals surface area contributed by atoms with Crippen molar-refractivity contribution >= 4 is 29.0 Å². The minimum absolute atomic E-state index is 0.00246. The highest BCUT2D eigenvalue weighted by atomic mass is 16.5. The quantitative estimate of drug-likeness (QED) is 0.338. The van der Waals surface area contributed by atoms with Crippen molar-refractivity contribution in [1.82, 2.24) is 10.2 Å². The first kappa shape index (κ1) is 30.0. The maximum absolute atomic E-state index is 14.0. The van der Waals surface area contributed by atoms with Gasteiger partial charge in [0.25, 0.3) is 0 Å². The number of nitrogens with zero attached hydrogens (tertiary/aromatic N) is 1. The van der Waals surface area contributed by atoms with Gasteiger partial charge in [0.05, 0.1) is 24.1 Å². The van der Waals surface area contributed by atoms with Crippen LogP contribution in [-0.2, 0) is 43.5 Å². The smallest absolute Gasteiger partial charge is 0.235 e. The number of ether oxygens (including phenoxy) is 1. The molecule has 0 bridgehead atoms. The third-order valence-corrected chi connectivity index (χ3v) is 8.50. The van der Waals surface area contributed by atoms with E-state index in [-0.39, 0.29) is 36.2 Å². The zero-order valence-corrected chi connectivity index (χ0v) is 23.9. The van der Waals surface area contributed by atoms with Gasteiger partial charge in [0.1, 0.15) is 5.75 Å². The van der Waals surface area contributed by atoms with Crippen LogP contribution in [0.4, 0.5) is 0 Å². The fraction of sp³-hybridized carbons (Fsp3) is 0.621. The number of carbonyl (C=O) groups excluding carboxylic acids is 5. The fourth-order valence-electron chi connectivity index (χ4n) is 6.81. The molecule has 3 aliphatic carbocycles. The Hall–Kier alpha value is -2.99. The number of phenolic OH excluding ortho intramolecular Hbond substituents is 1. The molecular formula is C29H39N3O8. The molecule has 0 aliphatic heterocycles. The Morgan fingerprint density at radius 2 is 1.82 bits per heavy atom. The molecule has 1 amide bonds. The number of methoxy groups -OCH3 is 1. The van der Waals surface area contributed by atoms with Gasteiger partial charge in [0.2, 0.25) is 5.91 Å². The molecular weight excluding hydrogens is 518 g/mol. The van der Waals surface area contributed by atoms with Crippen molar-refractivity contribution in [3.05, 3.63) is 28.3 Å². The van der Waals surface area contributed by atoms with E-state index in [1.807, 2.05) is 0 Å². The molecule has 11 nitrogen and oxygen atoms in total. The van der Waals surface area contributed by atoms with Crippen LogP contribution < -0.4 is 11.1 Å². The maximum atomic E-state index is 14.0. The second kappa shape index (κ2) is 10.4. The van der Waals surface area contributed by atoms with Crippen LogP contribution in [0.1, 0.15) is 54.2 Å². The molecule has 3 unspecified atom stereocenters. The first-order chi connectivity index (χ1) is 18.6. The average Bonchev–Trinajstić information content (AvgIpc) is 2.83. The minimum atomic E-state index is -2.74. The van der Waals surface area contributed by atoms with E-state index in [2.05, 4.69) is 26.1 Å². The number of rotatable bonds is 7. The molecule has 0 spiro atoms. The molecule has 0 aromatic heterocycles. The number of benzene rings is 1. The summed E-state index contributed by atoms with van der Waals surface area (Å²) in [5.41, 5.74) is 4.35. The topological polar surface area (TPSA) is 176 Å². The van der Waals surface area contributed by atoms with Crippen LogP contribution in [-0.4, -0.2) is 83.5 Å². The van der Waals surface area contributed by atoms with E-state index in [0.29, 0.717) is 24.2 Å². The summed E-state index contributed by atoms with van der Waals surface area (Å²) in [6, 6.07) is 0.655. The van der Waals surface area contributed by atoms with Crippen LogP contribution in [0.25, 0.3) is 0 Å². The molecule has 0 radical (unpaired) electrons. The first-order valence-electron chi connectivity index (χ1n) is 13.5. The highest BCUT2D eigenvalue weighted by Crippen LogP contribution is 2.51. The molecule has 2 saturated carbocycles. The number of carbonyl (C=O) groups is 5. The van der Waals surface area contributed by atoms with Gasteiger partial charge in [0.15, 0.2) is 34.7 Å². The highest BCUT2D eigenvalue weighted by Gasteiger charge is 2.69. The third kappa shape index (κ3) is 4.68. The summed E-state index contributed by atoms with van der Waals surface area (Å²) >= 11 is 0. The van der Waals surface area contributed by atoms with Gasteiger partial charge in [0, 0.05) is 31.7 Å². The van der Waals surface area contributed by atoms with E-state index in [1.54, 1.807) is 20.2 Å². The number of fused-ring (bicyclic) bond motifs is 3. The molecule has 218 valence electrons. The maximum Gasteiger partial charge on any atom is 0.235 e. The summed E-state index contributed by atoms with van der Waals surface area (Å²) in [4.78, 5) is 68.2. The Morgan fingerprint density at radius 3 is 2.38 bits per heavy atom. The van der Waals surface area contributed by atoms with Gasteiger partial charge >= 0.3 is 0 Å². The van der Waals surface area contributed by atoms with Gasteiger partial charge in [-0.15, -0.1) is 0 Å².